The number of carbonyl (C=O) groups excluding carboxylic acids is 1. The van der Waals surface area contributed by atoms with Gasteiger partial charge in [0.05, 0.1) is 5.54 Å². The minimum atomic E-state index is -0.292. The second-order valence-corrected chi connectivity index (χ2v) is 12.1. The van der Waals surface area contributed by atoms with Crippen molar-refractivity contribution in [3.63, 3.8) is 0 Å². The first-order valence-electron chi connectivity index (χ1n) is 15.0. The second kappa shape index (κ2) is 11.0. The first kappa shape index (κ1) is 27.1. The van der Waals surface area contributed by atoms with Gasteiger partial charge in [-0.05, 0) is 84.2 Å². The zero-order valence-electron chi connectivity index (χ0n) is 24.7. The molecule has 0 bridgehead atoms. The van der Waals surface area contributed by atoms with Gasteiger partial charge in [-0.2, -0.15) is 0 Å². The summed E-state index contributed by atoms with van der Waals surface area (Å²) in [5, 5.41) is 4.66. The third kappa shape index (κ3) is 5.22. The van der Waals surface area contributed by atoms with E-state index < -0.39 is 0 Å². The molecule has 3 nitrogen and oxygen atoms in total. The molecule has 5 aromatic rings. The molecule has 0 saturated heterocycles. The maximum atomic E-state index is 13.8. The Balaban J connectivity index is 1.27. The monoisotopic (exact) mass is 540 g/mol. The predicted octanol–water partition coefficient (Wildman–Crippen LogP) is 9.30. The number of fused-ring (bicyclic) bond motifs is 1. The Morgan fingerprint density at radius 2 is 1.54 bits per heavy atom. The first-order chi connectivity index (χ1) is 19.8. The summed E-state index contributed by atoms with van der Waals surface area (Å²) < 4.78 is 2.37. The van der Waals surface area contributed by atoms with Gasteiger partial charge in [-0.25, -0.2) is 0 Å². The van der Waals surface area contributed by atoms with E-state index in [9.17, 15) is 4.79 Å². The summed E-state index contributed by atoms with van der Waals surface area (Å²) >= 11 is 0. The fourth-order valence-corrected chi connectivity index (χ4v) is 6.56. The molecule has 4 aromatic carbocycles. The van der Waals surface area contributed by atoms with Crippen LogP contribution in [0.2, 0.25) is 0 Å². The SMILES string of the molecule is Cc1c(C)n(Cc2ccc(-c3ccccc3)cc2)c2ccc(C(=O)NC3(c4cccc(C(C)C)c4)CCCC3)cc12. The number of amides is 1. The zero-order valence-corrected chi connectivity index (χ0v) is 24.7. The smallest absolute Gasteiger partial charge is 0.251 e. The minimum absolute atomic E-state index is 0.0186. The van der Waals surface area contributed by atoms with Crippen molar-refractivity contribution >= 4 is 16.8 Å². The lowest BCUT2D eigenvalue weighted by molar-refractivity contribution is 0.0898. The van der Waals surface area contributed by atoms with Crippen LogP contribution in [0.5, 0.6) is 0 Å². The van der Waals surface area contributed by atoms with Crippen LogP contribution in [0.15, 0.2) is 97.1 Å². The molecule has 0 spiro atoms. The molecule has 1 saturated carbocycles. The molecule has 208 valence electrons. The average Bonchev–Trinajstić information content (AvgIpc) is 3.57. The number of aromatic nitrogens is 1. The molecule has 3 heteroatoms. The number of benzene rings is 4. The summed E-state index contributed by atoms with van der Waals surface area (Å²) in [4.78, 5) is 13.8. The third-order valence-corrected chi connectivity index (χ3v) is 9.22. The van der Waals surface area contributed by atoms with Gasteiger partial charge < -0.3 is 9.88 Å². The van der Waals surface area contributed by atoms with Crippen LogP contribution in [0, 0.1) is 13.8 Å². The Hall–Kier alpha value is -4.11. The quantitative estimate of drug-likeness (QED) is 0.219. The van der Waals surface area contributed by atoms with Gasteiger partial charge in [0, 0.05) is 28.7 Å². The molecule has 1 aliphatic carbocycles. The summed E-state index contributed by atoms with van der Waals surface area (Å²) in [5.41, 5.74) is 10.4. The number of nitrogens with one attached hydrogen (secondary N) is 1. The van der Waals surface area contributed by atoms with Gasteiger partial charge in [-0.1, -0.05) is 106 Å². The van der Waals surface area contributed by atoms with Crippen molar-refractivity contribution in [3.05, 3.63) is 131 Å². The van der Waals surface area contributed by atoms with Gasteiger partial charge in [-0.15, -0.1) is 0 Å². The normalized spacial score (nSPS) is 14.6. The van der Waals surface area contributed by atoms with Crippen LogP contribution >= 0.6 is 0 Å². The van der Waals surface area contributed by atoms with E-state index >= 15 is 0 Å². The van der Waals surface area contributed by atoms with Crippen LogP contribution in [0.4, 0.5) is 0 Å². The van der Waals surface area contributed by atoms with Crippen LogP contribution in [0.3, 0.4) is 0 Å². The maximum absolute atomic E-state index is 13.8. The lowest BCUT2D eigenvalue weighted by Gasteiger charge is -2.32. The molecule has 1 amide bonds. The van der Waals surface area contributed by atoms with Crippen LogP contribution in [-0.4, -0.2) is 10.5 Å². The highest BCUT2D eigenvalue weighted by Crippen LogP contribution is 2.40. The summed E-state index contributed by atoms with van der Waals surface area (Å²) in [6, 6.07) is 34.4. The Bertz CT molecular complexity index is 1690. The van der Waals surface area contributed by atoms with Crippen LogP contribution in [0.25, 0.3) is 22.0 Å². The number of hydrogen-bond donors (Lipinski definition) is 1. The Morgan fingerprint density at radius 1 is 0.829 bits per heavy atom. The Morgan fingerprint density at radius 3 is 2.24 bits per heavy atom. The van der Waals surface area contributed by atoms with Gasteiger partial charge in [-0.3, -0.25) is 4.79 Å². The van der Waals surface area contributed by atoms with Crippen molar-refractivity contribution in [1.29, 1.82) is 0 Å². The molecule has 1 N–H and O–H groups in total. The second-order valence-electron chi connectivity index (χ2n) is 12.1. The van der Waals surface area contributed by atoms with E-state index in [1.165, 1.54) is 44.6 Å². The van der Waals surface area contributed by atoms with E-state index in [1.54, 1.807) is 0 Å². The van der Waals surface area contributed by atoms with Crippen molar-refractivity contribution in [2.24, 2.45) is 0 Å². The number of aryl methyl sites for hydroxylation is 1. The predicted molar refractivity (Wildman–Crippen MR) is 171 cm³/mol. The maximum Gasteiger partial charge on any atom is 0.251 e. The van der Waals surface area contributed by atoms with Gasteiger partial charge >= 0.3 is 0 Å². The number of carbonyl (C=O) groups is 1. The number of rotatable bonds is 7. The number of hydrogen-bond acceptors (Lipinski definition) is 1. The van der Waals surface area contributed by atoms with Gasteiger partial charge in [0.15, 0.2) is 0 Å². The van der Waals surface area contributed by atoms with Gasteiger partial charge in [0.1, 0.15) is 0 Å². The lowest BCUT2D eigenvalue weighted by Crippen LogP contribution is -2.43. The molecule has 0 unspecified atom stereocenters. The van der Waals surface area contributed by atoms with Crippen LogP contribution in [-0.2, 0) is 12.1 Å². The first-order valence-corrected chi connectivity index (χ1v) is 15.0. The molecule has 0 atom stereocenters. The van der Waals surface area contributed by atoms with E-state index in [4.69, 9.17) is 0 Å². The minimum Gasteiger partial charge on any atom is -0.343 e. The summed E-state index contributed by atoms with van der Waals surface area (Å²) in [7, 11) is 0. The molecule has 1 fully saturated rings. The lowest BCUT2D eigenvalue weighted by atomic mass is 9.85. The molecule has 6 rings (SSSR count). The molecular formula is C38H40N2O. The van der Waals surface area contributed by atoms with Crippen LogP contribution in [0.1, 0.15) is 83.8 Å². The third-order valence-electron chi connectivity index (χ3n) is 9.22. The molecule has 1 aliphatic rings. The highest BCUT2D eigenvalue weighted by atomic mass is 16.1. The van der Waals surface area contributed by atoms with E-state index in [-0.39, 0.29) is 11.4 Å². The Labute approximate surface area is 244 Å². The molecule has 0 radical (unpaired) electrons. The highest BCUT2D eigenvalue weighted by Gasteiger charge is 2.37. The summed E-state index contributed by atoms with van der Waals surface area (Å²) in [6.07, 6.45) is 4.25. The summed E-state index contributed by atoms with van der Waals surface area (Å²) in [6.45, 7) is 9.61. The van der Waals surface area contributed by atoms with E-state index in [1.807, 2.05) is 12.1 Å². The van der Waals surface area contributed by atoms with Crippen molar-refractivity contribution in [2.45, 2.75) is 71.4 Å². The van der Waals surface area contributed by atoms with E-state index in [2.05, 4.69) is 123 Å². The van der Waals surface area contributed by atoms with Gasteiger partial charge in [0.25, 0.3) is 5.91 Å². The molecular weight excluding hydrogens is 500 g/mol. The van der Waals surface area contributed by atoms with Crippen molar-refractivity contribution in [1.82, 2.24) is 9.88 Å². The Kier molecular flexibility index (Phi) is 7.30. The fourth-order valence-electron chi connectivity index (χ4n) is 6.56. The zero-order chi connectivity index (χ0) is 28.6. The van der Waals surface area contributed by atoms with E-state index in [0.29, 0.717) is 5.92 Å². The van der Waals surface area contributed by atoms with Crippen molar-refractivity contribution in [2.75, 3.05) is 0 Å². The fraction of sp³-hybridized carbons (Fsp3) is 0.289. The molecule has 1 heterocycles. The summed E-state index contributed by atoms with van der Waals surface area (Å²) in [5.74, 6) is 0.480. The molecule has 1 aromatic heterocycles. The van der Waals surface area contributed by atoms with Crippen molar-refractivity contribution in [3.8, 4) is 11.1 Å². The standard InChI is InChI=1S/C38H40N2O/c1-26(2)32-13-10-14-34(23-32)38(21-8-9-22-38)39-37(41)33-19-20-36-35(24-33)27(3)28(4)40(36)25-29-15-17-31(18-16-29)30-11-6-5-7-12-30/h5-7,10-20,23-24,26H,8-9,21-22,25H2,1-4H3,(H,39,41). The van der Waals surface area contributed by atoms with Crippen molar-refractivity contribution < 1.29 is 4.79 Å². The average molecular weight is 541 g/mol. The van der Waals surface area contributed by atoms with Crippen LogP contribution < -0.4 is 5.32 Å². The van der Waals surface area contributed by atoms with E-state index in [0.717, 1.165) is 43.2 Å². The highest BCUT2D eigenvalue weighted by molar-refractivity contribution is 5.99. The largest absolute Gasteiger partial charge is 0.343 e. The topological polar surface area (TPSA) is 34.0 Å². The molecule has 0 aliphatic heterocycles. The molecule has 41 heavy (non-hydrogen) atoms. The number of nitrogens with zero attached hydrogens (tertiary/aromatic N) is 1. The van der Waals surface area contributed by atoms with Gasteiger partial charge in [0.2, 0.25) is 0 Å².